The van der Waals surface area contributed by atoms with Crippen molar-refractivity contribution in [2.24, 2.45) is 5.73 Å². The van der Waals surface area contributed by atoms with Crippen LogP contribution in [0.25, 0.3) is 0 Å². The molecule has 0 saturated heterocycles. The minimum absolute atomic E-state index is 0.0995. The first-order chi connectivity index (χ1) is 9.62. The molecule has 0 heterocycles. The Bertz CT molecular complexity index is 420. The van der Waals surface area contributed by atoms with E-state index in [4.69, 9.17) is 15.2 Å². The summed E-state index contributed by atoms with van der Waals surface area (Å²) in [6.07, 6.45) is 1.66. The minimum atomic E-state index is -0.561. The van der Waals surface area contributed by atoms with E-state index in [1.165, 1.54) is 0 Å². The van der Waals surface area contributed by atoms with Gasteiger partial charge in [-0.3, -0.25) is 0 Å². The number of hydrogen-bond donors (Lipinski definition) is 1. The van der Waals surface area contributed by atoms with E-state index in [0.29, 0.717) is 13.0 Å². The molecular weight excluding hydrogens is 254 g/mol. The highest BCUT2D eigenvalue weighted by Crippen LogP contribution is 2.22. The van der Waals surface area contributed by atoms with Crippen LogP contribution in [0.15, 0.2) is 24.3 Å². The third-order valence-corrected chi connectivity index (χ3v) is 3.17. The molecule has 0 radical (unpaired) electrons. The van der Waals surface area contributed by atoms with Crippen LogP contribution in [0.4, 0.5) is 0 Å². The third-order valence-electron chi connectivity index (χ3n) is 3.17. The summed E-state index contributed by atoms with van der Waals surface area (Å²) in [6, 6.07) is 7.81. The molecule has 0 aromatic heterocycles. The first-order valence-corrected chi connectivity index (χ1v) is 7.29. The van der Waals surface area contributed by atoms with Gasteiger partial charge in [-0.1, -0.05) is 32.0 Å². The lowest BCUT2D eigenvalue weighted by Gasteiger charge is -2.19. The quantitative estimate of drug-likeness (QED) is 0.743. The van der Waals surface area contributed by atoms with Gasteiger partial charge in [-0.05, 0) is 37.8 Å². The highest BCUT2D eigenvalue weighted by atomic mass is 16.6. The Morgan fingerprint density at radius 1 is 1.20 bits per heavy atom. The van der Waals surface area contributed by atoms with Crippen molar-refractivity contribution in [1.82, 2.24) is 0 Å². The van der Waals surface area contributed by atoms with Crippen LogP contribution in [-0.4, -0.2) is 24.7 Å². The highest BCUT2D eigenvalue weighted by molar-refractivity contribution is 5.75. The van der Waals surface area contributed by atoms with Gasteiger partial charge in [-0.25, -0.2) is 4.79 Å². The number of hydrogen-bond acceptors (Lipinski definition) is 4. The van der Waals surface area contributed by atoms with Gasteiger partial charge in [-0.2, -0.15) is 0 Å². The number of ether oxygens (including phenoxy) is 2. The first kappa shape index (κ1) is 16.5. The lowest BCUT2D eigenvalue weighted by Crippen LogP contribution is -2.29. The summed E-state index contributed by atoms with van der Waals surface area (Å²) < 4.78 is 10.8. The summed E-state index contributed by atoms with van der Waals surface area (Å²) in [7, 11) is 0. The van der Waals surface area contributed by atoms with Crippen LogP contribution in [0.1, 0.15) is 39.2 Å². The second-order valence-corrected chi connectivity index (χ2v) is 4.75. The molecule has 0 aliphatic carbocycles. The standard InChI is InChI=1S/C16H25NO3/c1-4-13(17)11-12-9-7-8-10-15(12)20-14(5-2)16(18)19-6-3/h7-10,13-14H,4-6,11,17H2,1-3H3. The summed E-state index contributed by atoms with van der Waals surface area (Å²) in [6.45, 7) is 6.11. The maximum absolute atomic E-state index is 11.8. The predicted octanol–water partition coefficient (Wildman–Crippen LogP) is 2.69. The van der Waals surface area contributed by atoms with Crippen molar-refractivity contribution in [1.29, 1.82) is 0 Å². The molecular formula is C16H25NO3. The zero-order valence-electron chi connectivity index (χ0n) is 12.6. The van der Waals surface area contributed by atoms with Crippen LogP contribution in [0.3, 0.4) is 0 Å². The molecule has 2 N–H and O–H groups in total. The average molecular weight is 279 g/mol. The minimum Gasteiger partial charge on any atom is -0.478 e. The summed E-state index contributed by atoms with van der Waals surface area (Å²) in [4.78, 5) is 11.8. The molecule has 1 aromatic carbocycles. The van der Waals surface area contributed by atoms with E-state index in [-0.39, 0.29) is 12.0 Å². The topological polar surface area (TPSA) is 61.5 Å². The van der Waals surface area contributed by atoms with E-state index in [1.807, 2.05) is 31.2 Å². The molecule has 0 aliphatic rings. The van der Waals surface area contributed by atoms with E-state index in [0.717, 1.165) is 24.2 Å². The fourth-order valence-electron chi connectivity index (χ4n) is 1.90. The van der Waals surface area contributed by atoms with Crippen molar-refractivity contribution in [3.8, 4) is 5.75 Å². The molecule has 0 amide bonds. The number of benzene rings is 1. The van der Waals surface area contributed by atoms with E-state index in [2.05, 4.69) is 6.92 Å². The van der Waals surface area contributed by atoms with Gasteiger partial charge in [0.05, 0.1) is 6.61 Å². The molecule has 4 heteroatoms. The fourth-order valence-corrected chi connectivity index (χ4v) is 1.90. The molecule has 1 aromatic rings. The Labute approximate surface area is 121 Å². The molecule has 1 rings (SSSR count). The van der Waals surface area contributed by atoms with Crippen molar-refractivity contribution >= 4 is 5.97 Å². The molecule has 0 aliphatic heterocycles. The van der Waals surface area contributed by atoms with E-state index >= 15 is 0 Å². The van der Waals surface area contributed by atoms with E-state index in [9.17, 15) is 4.79 Å². The van der Waals surface area contributed by atoms with Gasteiger partial charge in [0.15, 0.2) is 6.10 Å². The van der Waals surface area contributed by atoms with E-state index < -0.39 is 6.10 Å². The van der Waals surface area contributed by atoms with Crippen LogP contribution < -0.4 is 10.5 Å². The van der Waals surface area contributed by atoms with Gasteiger partial charge in [0.1, 0.15) is 5.75 Å². The maximum Gasteiger partial charge on any atom is 0.347 e. The lowest BCUT2D eigenvalue weighted by molar-refractivity contribution is -0.151. The van der Waals surface area contributed by atoms with Crippen molar-refractivity contribution < 1.29 is 14.3 Å². The molecule has 112 valence electrons. The van der Waals surface area contributed by atoms with Crippen molar-refractivity contribution in [3.05, 3.63) is 29.8 Å². The highest BCUT2D eigenvalue weighted by Gasteiger charge is 2.21. The Kier molecular flexibility index (Phi) is 7.09. The predicted molar refractivity (Wildman–Crippen MR) is 79.8 cm³/mol. The summed E-state index contributed by atoms with van der Waals surface area (Å²) in [5.74, 6) is 0.404. The van der Waals surface area contributed by atoms with Crippen molar-refractivity contribution in [2.75, 3.05) is 6.61 Å². The molecule has 0 bridgehead atoms. The monoisotopic (exact) mass is 279 g/mol. The van der Waals surface area contributed by atoms with Crippen LogP contribution in [0.2, 0.25) is 0 Å². The van der Waals surface area contributed by atoms with Gasteiger partial charge in [0.25, 0.3) is 0 Å². The Morgan fingerprint density at radius 2 is 1.90 bits per heavy atom. The normalized spacial score (nSPS) is 13.6. The Balaban J connectivity index is 2.82. The van der Waals surface area contributed by atoms with Crippen molar-refractivity contribution in [2.45, 2.75) is 52.2 Å². The number of rotatable bonds is 8. The number of carbonyl (C=O) groups is 1. The Hall–Kier alpha value is -1.55. The van der Waals surface area contributed by atoms with Crippen molar-refractivity contribution in [3.63, 3.8) is 0 Å². The number of carbonyl (C=O) groups excluding carboxylic acids is 1. The van der Waals surface area contributed by atoms with Crippen LogP contribution >= 0.6 is 0 Å². The molecule has 2 unspecified atom stereocenters. The smallest absolute Gasteiger partial charge is 0.347 e. The van der Waals surface area contributed by atoms with Gasteiger partial charge in [-0.15, -0.1) is 0 Å². The zero-order valence-corrected chi connectivity index (χ0v) is 12.6. The summed E-state index contributed by atoms with van der Waals surface area (Å²) in [5.41, 5.74) is 7.03. The molecule has 0 fully saturated rings. The first-order valence-electron chi connectivity index (χ1n) is 7.29. The molecule has 2 atom stereocenters. The fraction of sp³-hybridized carbons (Fsp3) is 0.562. The van der Waals surface area contributed by atoms with Crippen LogP contribution in [-0.2, 0) is 16.0 Å². The molecule has 0 saturated carbocycles. The second-order valence-electron chi connectivity index (χ2n) is 4.75. The lowest BCUT2D eigenvalue weighted by atomic mass is 10.0. The average Bonchev–Trinajstić information content (AvgIpc) is 2.46. The zero-order chi connectivity index (χ0) is 15.0. The number of esters is 1. The van der Waals surface area contributed by atoms with Gasteiger partial charge in [0, 0.05) is 6.04 Å². The van der Waals surface area contributed by atoms with Gasteiger partial charge >= 0.3 is 5.97 Å². The van der Waals surface area contributed by atoms with E-state index in [1.54, 1.807) is 6.92 Å². The van der Waals surface area contributed by atoms with Crippen LogP contribution in [0, 0.1) is 0 Å². The maximum atomic E-state index is 11.8. The molecule has 20 heavy (non-hydrogen) atoms. The van der Waals surface area contributed by atoms with Gasteiger partial charge < -0.3 is 15.2 Å². The molecule has 0 spiro atoms. The Morgan fingerprint density at radius 3 is 2.50 bits per heavy atom. The second kappa shape index (κ2) is 8.59. The SMILES string of the molecule is CCOC(=O)C(CC)Oc1ccccc1CC(N)CC. The third kappa shape index (κ3) is 4.85. The summed E-state index contributed by atoms with van der Waals surface area (Å²) >= 11 is 0. The number of nitrogens with two attached hydrogens (primary N) is 1. The summed E-state index contributed by atoms with van der Waals surface area (Å²) in [5, 5.41) is 0. The molecule has 4 nitrogen and oxygen atoms in total. The van der Waals surface area contributed by atoms with Gasteiger partial charge in [0.2, 0.25) is 0 Å². The van der Waals surface area contributed by atoms with Crippen LogP contribution in [0.5, 0.6) is 5.75 Å². The number of para-hydroxylation sites is 1. The largest absolute Gasteiger partial charge is 0.478 e.